The molecule has 0 radical (unpaired) electrons. The first kappa shape index (κ1) is 20.9. The maximum absolute atomic E-state index is 5.59. The Hall–Kier alpha value is -2.93. The maximum Gasteiger partial charge on any atom is 0.197 e. The highest BCUT2D eigenvalue weighted by atomic mass is 16.5. The summed E-state index contributed by atoms with van der Waals surface area (Å²) in [7, 11) is 6.05. The highest BCUT2D eigenvalue weighted by Crippen LogP contribution is 2.39. The van der Waals surface area contributed by atoms with Gasteiger partial charge in [0.05, 0.1) is 24.5 Å². The summed E-state index contributed by atoms with van der Waals surface area (Å²) in [4.78, 5) is 15.2. The molecule has 1 saturated carbocycles. The lowest BCUT2D eigenvalue weighted by Gasteiger charge is -2.32. The zero-order valence-electron chi connectivity index (χ0n) is 19.6. The Morgan fingerprint density at radius 3 is 2.59 bits per heavy atom. The predicted octanol–water partition coefficient (Wildman–Crippen LogP) is 4.99. The molecule has 5 rings (SSSR count). The first-order chi connectivity index (χ1) is 15.5. The van der Waals surface area contributed by atoms with Crippen molar-refractivity contribution in [2.24, 2.45) is 0 Å². The first-order valence-corrected chi connectivity index (χ1v) is 11.5. The molecule has 32 heavy (non-hydrogen) atoms. The molecule has 0 bridgehead atoms. The van der Waals surface area contributed by atoms with Crippen molar-refractivity contribution >= 4 is 16.6 Å². The van der Waals surface area contributed by atoms with E-state index in [1.165, 1.54) is 42.3 Å². The summed E-state index contributed by atoms with van der Waals surface area (Å²) >= 11 is 0. The third kappa shape index (κ3) is 3.54. The molecule has 0 aliphatic heterocycles. The van der Waals surface area contributed by atoms with Crippen LogP contribution in [-0.4, -0.2) is 56.7 Å². The van der Waals surface area contributed by atoms with E-state index in [1.54, 1.807) is 18.0 Å². The molecule has 0 amide bonds. The van der Waals surface area contributed by atoms with E-state index >= 15 is 0 Å². The first-order valence-electron chi connectivity index (χ1n) is 11.5. The summed E-state index contributed by atoms with van der Waals surface area (Å²) in [6, 6.07) is 5.07. The van der Waals surface area contributed by atoms with Crippen molar-refractivity contribution in [1.82, 2.24) is 29.5 Å². The van der Waals surface area contributed by atoms with Crippen LogP contribution in [0.1, 0.15) is 62.6 Å². The number of ether oxygens (including phenoxy) is 1. The standard InChI is InChI=1S/C25H32N6O/c1-15(2)23-19-11-20(16-6-8-18(9-7-16)30(3)4)26-12-21(19)29-24(23)17-10-22(32-5)25-27-14-28-31(25)13-17/h10-16,18,29H,6-9H2,1-5H3. The minimum atomic E-state index is 0.357. The van der Waals surface area contributed by atoms with Crippen molar-refractivity contribution in [1.29, 1.82) is 0 Å². The third-order valence-electron chi connectivity index (χ3n) is 7.02. The average Bonchev–Trinajstić information content (AvgIpc) is 3.42. The summed E-state index contributed by atoms with van der Waals surface area (Å²) in [6.07, 6.45) is 10.5. The van der Waals surface area contributed by atoms with Crippen molar-refractivity contribution in [3.8, 4) is 17.0 Å². The molecule has 1 fully saturated rings. The van der Waals surface area contributed by atoms with Gasteiger partial charge in [0.15, 0.2) is 11.4 Å². The summed E-state index contributed by atoms with van der Waals surface area (Å²) < 4.78 is 7.37. The van der Waals surface area contributed by atoms with Crippen LogP contribution in [0, 0.1) is 0 Å². The molecular weight excluding hydrogens is 400 g/mol. The number of hydrogen-bond donors (Lipinski definition) is 1. The smallest absolute Gasteiger partial charge is 0.197 e. The number of methoxy groups -OCH3 is 1. The minimum absolute atomic E-state index is 0.357. The fourth-order valence-electron chi connectivity index (χ4n) is 5.25. The average molecular weight is 433 g/mol. The van der Waals surface area contributed by atoms with Crippen LogP contribution in [0.25, 0.3) is 27.8 Å². The Labute approximate surface area is 188 Å². The Morgan fingerprint density at radius 1 is 1.12 bits per heavy atom. The molecule has 1 N–H and O–H groups in total. The van der Waals surface area contributed by atoms with E-state index in [4.69, 9.17) is 9.72 Å². The maximum atomic E-state index is 5.59. The van der Waals surface area contributed by atoms with Crippen molar-refractivity contribution in [2.45, 2.75) is 57.4 Å². The number of hydrogen-bond acceptors (Lipinski definition) is 5. The van der Waals surface area contributed by atoms with Crippen LogP contribution in [0.4, 0.5) is 0 Å². The van der Waals surface area contributed by atoms with Crippen LogP contribution >= 0.6 is 0 Å². The van der Waals surface area contributed by atoms with Crippen LogP contribution in [0.5, 0.6) is 5.75 Å². The van der Waals surface area contributed by atoms with Crippen LogP contribution in [-0.2, 0) is 0 Å². The van der Waals surface area contributed by atoms with Gasteiger partial charge in [0.1, 0.15) is 6.33 Å². The number of aromatic amines is 1. The molecule has 0 spiro atoms. The summed E-state index contributed by atoms with van der Waals surface area (Å²) in [6.45, 7) is 4.50. The van der Waals surface area contributed by atoms with Gasteiger partial charge in [-0.3, -0.25) is 4.98 Å². The molecule has 4 aromatic rings. The molecule has 0 aromatic carbocycles. The third-order valence-corrected chi connectivity index (χ3v) is 7.02. The zero-order chi connectivity index (χ0) is 22.4. The van der Waals surface area contributed by atoms with E-state index in [1.807, 2.05) is 18.5 Å². The molecule has 4 aromatic heterocycles. The lowest BCUT2D eigenvalue weighted by molar-refractivity contribution is 0.215. The minimum Gasteiger partial charge on any atom is -0.493 e. The molecular formula is C25H32N6O. The van der Waals surface area contributed by atoms with Gasteiger partial charge >= 0.3 is 0 Å². The highest BCUT2D eigenvalue weighted by Gasteiger charge is 2.26. The molecule has 1 aliphatic carbocycles. The summed E-state index contributed by atoms with van der Waals surface area (Å²) in [5, 5.41) is 5.60. The van der Waals surface area contributed by atoms with Crippen LogP contribution in [0.2, 0.25) is 0 Å². The summed E-state index contributed by atoms with van der Waals surface area (Å²) in [5.74, 6) is 1.61. The van der Waals surface area contributed by atoms with E-state index in [-0.39, 0.29) is 0 Å². The van der Waals surface area contributed by atoms with Crippen molar-refractivity contribution < 1.29 is 4.74 Å². The molecule has 4 heterocycles. The van der Waals surface area contributed by atoms with Crippen LogP contribution in [0.15, 0.2) is 30.9 Å². The Balaban J connectivity index is 1.57. The van der Waals surface area contributed by atoms with Gasteiger partial charge in [-0.15, -0.1) is 0 Å². The SMILES string of the molecule is COc1cc(-c2[nH]c3cnc(C4CCC(N(C)C)CC4)cc3c2C(C)C)cn2ncnc12. The van der Waals surface area contributed by atoms with Gasteiger partial charge in [-0.25, -0.2) is 9.50 Å². The molecule has 0 atom stereocenters. The van der Waals surface area contributed by atoms with Gasteiger partial charge in [-0.05, 0) is 63.4 Å². The molecule has 0 saturated heterocycles. The number of nitrogens with zero attached hydrogens (tertiary/aromatic N) is 5. The van der Waals surface area contributed by atoms with Crippen LogP contribution < -0.4 is 4.74 Å². The van der Waals surface area contributed by atoms with Crippen LogP contribution in [0.3, 0.4) is 0 Å². The Bertz CT molecular complexity index is 1250. The normalized spacial score (nSPS) is 19.5. The lowest BCUT2D eigenvalue weighted by Crippen LogP contribution is -2.31. The van der Waals surface area contributed by atoms with Gasteiger partial charge in [0, 0.05) is 34.8 Å². The van der Waals surface area contributed by atoms with E-state index in [0.717, 1.165) is 22.4 Å². The van der Waals surface area contributed by atoms with Gasteiger partial charge in [-0.1, -0.05) is 13.8 Å². The largest absolute Gasteiger partial charge is 0.493 e. The highest BCUT2D eigenvalue weighted by molar-refractivity contribution is 5.91. The van der Waals surface area contributed by atoms with Crippen molar-refractivity contribution in [3.05, 3.63) is 42.1 Å². The van der Waals surface area contributed by atoms with Crippen molar-refractivity contribution in [2.75, 3.05) is 21.2 Å². The fraction of sp³-hybridized carbons (Fsp3) is 0.480. The molecule has 7 nitrogen and oxygen atoms in total. The predicted molar refractivity (Wildman–Crippen MR) is 127 cm³/mol. The topological polar surface area (TPSA) is 71.3 Å². The summed E-state index contributed by atoms with van der Waals surface area (Å²) in [5.41, 5.74) is 6.47. The lowest BCUT2D eigenvalue weighted by atomic mass is 9.83. The van der Waals surface area contributed by atoms with Gasteiger partial charge in [0.25, 0.3) is 0 Å². The zero-order valence-corrected chi connectivity index (χ0v) is 19.6. The Kier molecular flexibility index (Phi) is 5.37. The number of H-pyrrole nitrogens is 1. The molecule has 7 heteroatoms. The number of pyridine rings is 2. The number of fused-ring (bicyclic) bond motifs is 2. The van der Waals surface area contributed by atoms with E-state index in [9.17, 15) is 0 Å². The van der Waals surface area contributed by atoms with Gasteiger partial charge in [0.2, 0.25) is 0 Å². The molecule has 0 unspecified atom stereocenters. The number of rotatable bonds is 5. The molecule has 1 aliphatic rings. The second-order valence-electron chi connectivity index (χ2n) is 9.52. The second-order valence-corrected chi connectivity index (χ2v) is 9.52. The van der Waals surface area contributed by atoms with Gasteiger partial charge < -0.3 is 14.6 Å². The Morgan fingerprint density at radius 2 is 1.91 bits per heavy atom. The van der Waals surface area contributed by atoms with E-state index < -0.39 is 0 Å². The van der Waals surface area contributed by atoms with Crippen molar-refractivity contribution in [3.63, 3.8) is 0 Å². The monoisotopic (exact) mass is 432 g/mol. The number of aromatic nitrogens is 5. The van der Waals surface area contributed by atoms with E-state index in [2.05, 4.69) is 54.0 Å². The quantitative estimate of drug-likeness (QED) is 0.481. The van der Waals surface area contributed by atoms with Gasteiger partial charge in [-0.2, -0.15) is 5.10 Å². The van der Waals surface area contributed by atoms with E-state index in [0.29, 0.717) is 23.6 Å². The fourth-order valence-corrected chi connectivity index (χ4v) is 5.25. The number of nitrogens with one attached hydrogen (secondary N) is 1. The second kappa shape index (κ2) is 8.20. The molecule has 168 valence electrons.